The minimum Gasteiger partial charge on any atom is -0.451 e. The largest absolute Gasteiger partial charge is 0.451 e. The summed E-state index contributed by atoms with van der Waals surface area (Å²) < 4.78 is 5.68. The second-order valence-electron chi connectivity index (χ2n) is 6.45. The van der Waals surface area contributed by atoms with Crippen molar-refractivity contribution in [2.45, 2.75) is 6.42 Å². The van der Waals surface area contributed by atoms with Crippen molar-refractivity contribution < 1.29 is 9.21 Å². The number of anilines is 1. The molecule has 2 heterocycles. The first-order valence-electron chi connectivity index (χ1n) is 8.93. The number of carbonyl (C=O) groups excluding carboxylic acids is 1. The third-order valence-electron chi connectivity index (χ3n) is 4.42. The molecule has 2 aromatic carbocycles. The van der Waals surface area contributed by atoms with Gasteiger partial charge in [0.05, 0.1) is 10.0 Å². The third kappa shape index (κ3) is 4.50. The van der Waals surface area contributed by atoms with Gasteiger partial charge in [-0.2, -0.15) is 0 Å². The van der Waals surface area contributed by atoms with Gasteiger partial charge in [0.2, 0.25) is 0 Å². The molecule has 1 N–H and O–H groups in total. The predicted octanol–water partition coefficient (Wildman–Crippen LogP) is 6.49. The van der Waals surface area contributed by atoms with E-state index in [1.165, 1.54) is 5.56 Å². The van der Waals surface area contributed by atoms with Gasteiger partial charge in [0.15, 0.2) is 5.76 Å². The fourth-order valence-corrected chi connectivity index (χ4v) is 3.33. The standard InChI is InChI=1S/C23H16Cl2N2O2/c24-19-3-1-2-18(22(19)25)20-8-9-21(29-20)23(28)27-17-6-4-15(5-7-17)14-16-10-12-26-13-11-16/h1-13H,14H2,(H,27,28). The highest BCUT2D eigenvalue weighted by Crippen LogP contribution is 2.34. The van der Waals surface area contributed by atoms with E-state index in [-0.39, 0.29) is 11.7 Å². The Morgan fingerprint density at radius 2 is 1.62 bits per heavy atom. The zero-order valence-corrected chi connectivity index (χ0v) is 16.7. The molecule has 0 spiro atoms. The molecule has 0 saturated heterocycles. The number of aromatic nitrogens is 1. The van der Waals surface area contributed by atoms with Crippen LogP contribution in [0.15, 0.2) is 83.5 Å². The summed E-state index contributed by atoms with van der Waals surface area (Å²) in [6, 6.07) is 20.2. The minimum atomic E-state index is -0.337. The van der Waals surface area contributed by atoms with E-state index in [0.717, 1.165) is 12.0 Å². The van der Waals surface area contributed by atoms with Crippen LogP contribution in [-0.4, -0.2) is 10.9 Å². The summed E-state index contributed by atoms with van der Waals surface area (Å²) in [5.41, 5.74) is 3.65. The molecule has 0 radical (unpaired) electrons. The Balaban J connectivity index is 1.44. The Bertz CT molecular complexity index is 1140. The molecule has 4 rings (SSSR count). The van der Waals surface area contributed by atoms with Gasteiger partial charge < -0.3 is 9.73 Å². The van der Waals surface area contributed by atoms with Gasteiger partial charge in [0, 0.05) is 23.6 Å². The Morgan fingerprint density at radius 3 is 2.38 bits per heavy atom. The van der Waals surface area contributed by atoms with Crippen LogP contribution in [0.1, 0.15) is 21.7 Å². The van der Waals surface area contributed by atoms with Gasteiger partial charge in [-0.25, -0.2) is 0 Å². The quantitative estimate of drug-likeness (QED) is 0.399. The Labute approximate surface area is 178 Å². The second kappa shape index (κ2) is 8.52. The van der Waals surface area contributed by atoms with Gasteiger partial charge >= 0.3 is 0 Å². The zero-order chi connectivity index (χ0) is 20.2. The molecule has 144 valence electrons. The molecule has 4 aromatic rings. The van der Waals surface area contributed by atoms with Crippen LogP contribution in [-0.2, 0) is 6.42 Å². The van der Waals surface area contributed by atoms with Crippen LogP contribution in [0.5, 0.6) is 0 Å². The number of hydrogen-bond acceptors (Lipinski definition) is 3. The smallest absolute Gasteiger partial charge is 0.291 e. The van der Waals surface area contributed by atoms with Crippen LogP contribution < -0.4 is 5.32 Å². The highest BCUT2D eigenvalue weighted by molar-refractivity contribution is 6.43. The summed E-state index contributed by atoms with van der Waals surface area (Å²) in [7, 11) is 0. The maximum atomic E-state index is 12.5. The van der Waals surface area contributed by atoms with Crippen LogP contribution in [0.25, 0.3) is 11.3 Å². The number of nitrogens with one attached hydrogen (secondary N) is 1. The first-order chi connectivity index (χ1) is 14.1. The number of hydrogen-bond donors (Lipinski definition) is 1. The molecule has 2 aromatic heterocycles. The fourth-order valence-electron chi connectivity index (χ4n) is 2.93. The first kappa shape index (κ1) is 19.2. The van der Waals surface area contributed by atoms with Gasteiger partial charge in [-0.3, -0.25) is 9.78 Å². The molecule has 1 amide bonds. The van der Waals surface area contributed by atoms with Crippen molar-refractivity contribution in [3.8, 4) is 11.3 Å². The van der Waals surface area contributed by atoms with E-state index in [1.807, 2.05) is 36.4 Å². The molecule has 6 heteroatoms. The topological polar surface area (TPSA) is 55.1 Å². The lowest BCUT2D eigenvalue weighted by atomic mass is 10.1. The molecule has 0 aliphatic carbocycles. The Morgan fingerprint density at radius 1 is 0.897 bits per heavy atom. The summed E-state index contributed by atoms with van der Waals surface area (Å²) in [5, 5.41) is 3.66. The average molecular weight is 423 g/mol. The molecule has 0 unspecified atom stereocenters. The monoisotopic (exact) mass is 422 g/mol. The van der Waals surface area contributed by atoms with E-state index >= 15 is 0 Å². The maximum absolute atomic E-state index is 12.5. The highest BCUT2D eigenvalue weighted by Gasteiger charge is 2.15. The molecule has 0 saturated carbocycles. The van der Waals surface area contributed by atoms with Gasteiger partial charge in [0.25, 0.3) is 5.91 Å². The van der Waals surface area contributed by atoms with Crippen LogP contribution in [0.4, 0.5) is 5.69 Å². The SMILES string of the molecule is O=C(Nc1ccc(Cc2ccncc2)cc1)c1ccc(-c2cccc(Cl)c2Cl)o1. The average Bonchev–Trinajstić information content (AvgIpc) is 3.22. The number of benzene rings is 2. The van der Waals surface area contributed by atoms with Crippen molar-refractivity contribution >= 4 is 34.8 Å². The number of furan rings is 1. The highest BCUT2D eigenvalue weighted by atomic mass is 35.5. The van der Waals surface area contributed by atoms with E-state index in [0.29, 0.717) is 27.1 Å². The molecule has 0 aliphatic heterocycles. The molecule has 0 fully saturated rings. The van der Waals surface area contributed by atoms with Gasteiger partial charge in [-0.15, -0.1) is 0 Å². The van der Waals surface area contributed by atoms with Crippen molar-refractivity contribution in [2.75, 3.05) is 5.32 Å². The lowest BCUT2D eigenvalue weighted by Gasteiger charge is -2.06. The summed E-state index contributed by atoms with van der Waals surface area (Å²) >= 11 is 12.3. The predicted molar refractivity (Wildman–Crippen MR) is 116 cm³/mol. The number of carbonyl (C=O) groups is 1. The number of pyridine rings is 1. The van der Waals surface area contributed by atoms with Crippen molar-refractivity contribution in [3.05, 3.63) is 106 Å². The van der Waals surface area contributed by atoms with Crippen molar-refractivity contribution in [1.82, 2.24) is 4.98 Å². The van der Waals surface area contributed by atoms with Crippen LogP contribution in [0.3, 0.4) is 0 Å². The van der Waals surface area contributed by atoms with Crippen LogP contribution in [0.2, 0.25) is 10.0 Å². The second-order valence-corrected chi connectivity index (χ2v) is 7.23. The molecule has 0 bridgehead atoms. The maximum Gasteiger partial charge on any atom is 0.291 e. The summed E-state index contributed by atoms with van der Waals surface area (Å²) in [6.07, 6.45) is 4.36. The fraction of sp³-hybridized carbons (Fsp3) is 0.0435. The molecule has 4 nitrogen and oxygen atoms in total. The van der Waals surface area contributed by atoms with Crippen LogP contribution >= 0.6 is 23.2 Å². The summed E-state index contributed by atoms with van der Waals surface area (Å²) in [6.45, 7) is 0. The molecule has 29 heavy (non-hydrogen) atoms. The van der Waals surface area contributed by atoms with Gasteiger partial charge in [-0.05, 0) is 66.1 Å². The molecular weight excluding hydrogens is 407 g/mol. The van der Waals surface area contributed by atoms with E-state index < -0.39 is 0 Å². The number of amides is 1. The summed E-state index contributed by atoms with van der Waals surface area (Å²) in [5.74, 6) is 0.337. The lowest BCUT2D eigenvalue weighted by Crippen LogP contribution is -2.10. The van der Waals surface area contributed by atoms with E-state index in [9.17, 15) is 4.79 Å². The van der Waals surface area contributed by atoms with Crippen LogP contribution in [0, 0.1) is 0 Å². The van der Waals surface area contributed by atoms with E-state index in [1.54, 1.807) is 42.7 Å². The van der Waals surface area contributed by atoms with Gasteiger partial charge in [-0.1, -0.05) is 41.4 Å². The van der Waals surface area contributed by atoms with Gasteiger partial charge in [0.1, 0.15) is 5.76 Å². The van der Waals surface area contributed by atoms with Crippen molar-refractivity contribution in [1.29, 1.82) is 0 Å². The number of nitrogens with zero attached hydrogens (tertiary/aromatic N) is 1. The third-order valence-corrected chi connectivity index (χ3v) is 5.24. The summed E-state index contributed by atoms with van der Waals surface area (Å²) in [4.78, 5) is 16.5. The number of rotatable bonds is 5. The first-order valence-corrected chi connectivity index (χ1v) is 9.69. The van der Waals surface area contributed by atoms with E-state index in [2.05, 4.69) is 10.3 Å². The van der Waals surface area contributed by atoms with Crippen molar-refractivity contribution in [2.24, 2.45) is 0 Å². The zero-order valence-electron chi connectivity index (χ0n) is 15.2. The normalized spacial score (nSPS) is 10.7. The Kier molecular flexibility index (Phi) is 5.65. The molecular formula is C23H16Cl2N2O2. The molecule has 0 atom stereocenters. The van der Waals surface area contributed by atoms with Crippen molar-refractivity contribution in [3.63, 3.8) is 0 Å². The van der Waals surface area contributed by atoms with E-state index in [4.69, 9.17) is 27.6 Å². The number of halogens is 2. The lowest BCUT2D eigenvalue weighted by molar-refractivity contribution is 0.0997. The molecule has 0 aliphatic rings. The minimum absolute atomic E-state index is 0.192. The Hall–Kier alpha value is -3.08.